The standard InChI is InChI=1S/C8H5BrF2N2/c9-5-2-1-4(8(10)11)6-7(5)13-3-12-6/h1-3,8H,(H,12,13). The van der Waals surface area contributed by atoms with E-state index in [9.17, 15) is 8.78 Å². The molecule has 2 nitrogen and oxygen atoms in total. The molecule has 0 saturated carbocycles. The quantitative estimate of drug-likeness (QED) is 0.823. The van der Waals surface area contributed by atoms with Crippen LogP contribution in [-0.2, 0) is 0 Å². The summed E-state index contributed by atoms with van der Waals surface area (Å²) in [5, 5.41) is 0. The number of aromatic nitrogens is 2. The Morgan fingerprint density at radius 2 is 2.15 bits per heavy atom. The van der Waals surface area contributed by atoms with Crippen LogP contribution in [0, 0.1) is 0 Å². The largest absolute Gasteiger partial charge is 0.344 e. The molecule has 2 rings (SSSR count). The third-order valence-electron chi connectivity index (χ3n) is 1.80. The molecule has 0 amide bonds. The average Bonchev–Trinajstić information content (AvgIpc) is 2.53. The highest BCUT2D eigenvalue weighted by Crippen LogP contribution is 2.29. The lowest BCUT2D eigenvalue weighted by Crippen LogP contribution is -1.86. The highest BCUT2D eigenvalue weighted by atomic mass is 79.9. The van der Waals surface area contributed by atoms with Crippen molar-refractivity contribution in [3.63, 3.8) is 0 Å². The molecule has 1 N–H and O–H groups in total. The van der Waals surface area contributed by atoms with Crippen LogP contribution in [0.1, 0.15) is 12.0 Å². The summed E-state index contributed by atoms with van der Waals surface area (Å²) >= 11 is 3.24. The van der Waals surface area contributed by atoms with E-state index in [1.807, 2.05) is 0 Å². The number of H-pyrrole nitrogens is 1. The second kappa shape index (κ2) is 3.06. The Morgan fingerprint density at radius 3 is 2.85 bits per heavy atom. The Labute approximate surface area is 81.1 Å². The third-order valence-corrected chi connectivity index (χ3v) is 2.46. The van der Waals surface area contributed by atoms with E-state index in [2.05, 4.69) is 25.9 Å². The Bertz CT molecular complexity index is 439. The topological polar surface area (TPSA) is 28.7 Å². The predicted octanol–water partition coefficient (Wildman–Crippen LogP) is 3.26. The first-order chi connectivity index (χ1) is 6.20. The van der Waals surface area contributed by atoms with Crippen LogP contribution in [0.4, 0.5) is 8.78 Å². The Morgan fingerprint density at radius 1 is 1.38 bits per heavy atom. The van der Waals surface area contributed by atoms with Gasteiger partial charge in [-0.3, -0.25) is 0 Å². The van der Waals surface area contributed by atoms with Crippen LogP contribution in [0.25, 0.3) is 11.0 Å². The van der Waals surface area contributed by atoms with E-state index in [0.717, 1.165) is 4.47 Å². The highest BCUT2D eigenvalue weighted by Gasteiger charge is 2.14. The van der Waals surface area contributed by atoms with Crippen LogP contribution in [0.15, 0.2) is 22.9 Å². The molecule has 1 aromatic carbocycles. The first-order valence-corrected chi connectivity index (χ1v) is 4.39. The third kappa shape index (κ3) is 1.33. The molecule has 0 aliphatic heterocycles. The summed E-state index contributed by atoms with van der Waals surface area (Å²) in [5.74, 6) is 0. The van der Waals surface area contributed by atoms with E-state index in [1.54, 1.807) is 6.07 Å². The molecule has 0 spiro atoms. The van der Waals surface area contributed by atoms with Gasteiger partial charge in [0.05, 0.1) is 17.4 Å². The number of fused-ring (bicyclic) bond motifs is 1. The van der Waals surface area contributed by atoms with Crippen LogP contribution < -0.4 is 0 Å². The minimum Gasteiger partial charge on any atom is -0.344 e. The number of aromatic amines is 1. The summed E-state index contributed by atoms with van der Waals surface area (Å²) in [7, 11) is 0. The summed E-state index contributed by atoms with van der Waals surface area (Å²) in [6, 6.07) is 2.96. The maximum atomic E-state index is 12.4. The molecular weight excluding hydrogens is 242 g/mol. The molecule has 0 saturated heterocycles. The maximum Gasteiger partial charge on any atom is 0.266 e. The lowest BCUT2D eigenvalue weighted by Gasteiger charge is -2.01. The van der Waals surface area contributed by atoms with E-state index in [1.165, 1.54) is 12.4 Å². The van der Waals surface area contributed by atoms with Gasteiger partial charge in [0.15, 0.2) is 0 Å². The molecule has 2 aromatic rings. The molecule has 0 atom stereocenters. The van der Waals surface area contributed by atoms with Gasteiger partial charge in [0.1, 0.15) is 0 Å². The number of nitrogens with zero attached hydrogens (tertiary/aromatic N) is 1. The van der Waals surface area contributed by atoms with Crippen molar-refractivity contribution in [2.75, 3.05) is 0 Å². The fourth-order valence-corrected chi connectivity index (χ4v) is 1.63. The SMILES string of the molecule is FC(F)c1ccc(Br)c2[nH]cnc12. The first kappa shape index (κ1) is 8.62. The monoisotopic (exact) mass is 246 g/mol. The lowest BCUT2D eigenvalue weighted by atomic mass is 10.2. The molecule has 0 radical (unpaired) electrons. The molecule has 0 fully saturated rings. The van der Waals surface area contributed by atoms with Crippen molar-refractivity contribution in [3.8, 4) is 0 Å². The van der Waals surface area contributed by atoms with E-state index >= 15 is 0 Å². The van der Waals surface area contributed by atoms with Gasteiger partial charge in [-0.05, 0) is 28.1 Å². The maximum absolute atomic E-state index is 12.4. The van der Waals surface area contributed by atoms with Crippen molar-refractivity contribution < 1.29 is 8.78 Å². The lowest BCUT2D eigenvalue weighted by molar-refractivity contribution is 0.153. The van der Waals surface area contributed by atoms with E-state index < -0.39 is 6.43 Å². The smallest absolute Gasteiger partial charge is 0.266 e. The zero-order chi connectivity index (χ0) is 9.42. The molecule has 1 heterocycles. The van der Waals surface area contributed by atoms with Gasteiger partial charge in [0.2, 0.25) is 0 Å². The van der Waals surface area contributed by atoms with Gasteiger partial charge >= 0.3 is 0 Å². The van der Waals surface area contributed by atoms with Gasteiger partial charge in [-0.1, -0.05) is 0 Å². The second-order valence-corrected chi connectivity index (χ2v) is 3.42. The van der Waals surface area contributed by atoms with Crippen molar-refractivity contribution >= 4 is 27.0 Å². The number of imidazole rings is 1. The van der Waals surface area contributed by atoms with Crippen molar-refractivity contribution in [1.82, 2.24) is 9.97 Å². The van der Waals surface area contributed by atoms with Crippen LogP contribution >= 0.6 is 15.9 Å². The number of nitrogens with one attached hydrogen (secondary N) is 1. The highest BCUT2D eigenvalue weighted by molar-refractivity contribution is 9.10. The molecule has 5 heteroatoms. The second-order valence-electron chi connectivity index (χ2n) is 2.56. The van der Waals surface area contributed by atoms with E-state index in [-0.39, 0.29) is 5.56 Å². The van der Waals surface area contributed by atoms with Crippen molar-refractivity contribution in [2.45, 2.75) is 6.43 Å². The number of rotatable bonds is 1. The fraction of sp³-hybridized carbons (Fsp3) is 0.125. The van der Waals surface area contributed by atoms with Crippen molar-refractivity contribution in [2.24, 2.45) is 0 Å². The summed E-state index contributed by atoms with van der Waals surface area (Å²) in [6.07, 6.45) is -1.08. The molecular formula is C8H5BrF2N2. The minimum absolute atomic E-state index is 0.0422. The van der Waals surface area contributed by atoms with Gasteiger partial charge in [0.25, 0.3) is 6.43 Å². The molecule has 0 aliphatic rings. The van der Waals surface area contributed by atoms with Gasteiger partial charge in [0, 0.05) is 10.0 Å². The molecule has 0 unspecified atom stereocenters. The summed E-state index contributed by atoms with van der Waals surface area (Å²) in [5.41, 5.74) is 0.890. The zero-order valence-corrected chi connectivity index (χ0v) is 7.98. The predicted molar refractivity (Wildman–Crippen MR) is 48.8 cm³/mol. The summed E-state index contributed by atoms with van der Waals surface area (Å²) < 4.78 is 25.6. The zero-order valence-electron chi connectivity index (χ0n) is 6.39. The fourth-order valence-electron chi connectivity index (χ4n) is 1.20. The normalized spacial score (nSPS) is 11.4. The first-order valence-electron chi connectivity index (χ1n) is 3.60. The van der Waals surface area contributed by atoms with Crippen molar-refractivity contribution in [3.05, 3.63) is 28.5 Å². The van der Waals surface area contributed by atoms with Gasteiger partial charge < -0.3 is 4.98 Å². The molecule has 1 aromatic heterocycles. The van der Waals surface area contributed by atoms with E-state index in [0.29, 0.717) is 11.0 Å². The summed E-state index contributed by atoms with van der Waals surface area (Å²) in [4.78, 5) is 6.63. The van der Waals surface area contributed by atoms with Crippen LogP contribution in [-0.4, -0.2) is 9.97 Å². The Hall–Kier alpha value is -0.970. The number of hydrogen-bond donors (Lipinski definition) is 1. The summed E-state index contributed by atoms with van der Waals surface area (Å²) in [6.45, 7) is 0. The molecule has 0 aliphatic carbocycles. The Kier molecular flexibility index (Phi) is 2.03. The van der Waals surface area contributed by atoms with Gasteiger partial charge in [-0.25, -0.2) is 13.8 Å². The van der Waals surface area contributed by atoms with Crippen LogP contribution in [0.5, 0.6) is 0 Å². The molecule has 13 heavy (non-hydrogen) atoms. The molecule has 68 valence electrons. The number of alkyl halides is 2. The Balaban J connectivity index is 2.78. The number of benzene rings is 1. The van der Waals surface area contributed by atoms with E-state index in [4.69, 9.17) is 0 Å². The van der Waals surface area contributed by atoms with Crippen LogP contribution in [0.3, 0.4) is 0 Å². The van der Waals surface area contributed by atoms with Gasteiger partial charge in [-0.15, -0.1) is 0 Å². The van der Waals surface area contributed by atoms with Gasteiger partial charge in [-0.2, -0.15) is 0 Å². The number of halogens is 3. The van der Waals surface area contributed by atoms with Crippen molar-refractivity contribution in [1.29, 1.82) is 0 Å². The molecule has 0 bridgehead atoms. The minimum atomic E-state index is -2.49. The number of hydrogen-bond acceptors (Lipinski definition) is 1. The van der Waals surface area contributed by atoms with Crippen LogP contribution in [0.2, 0.25) is 0 Å². The average molecular weight is 247 g/mol.